The van der Waals surface area contributed by atoms with Crippen molar-refractivity contribution in [3.63, 3.8) is 0 Å². The van der Waals surface area contributed by atoms with Gasteiger partial charge in [0.05, 0.1) is 7.11 Å². The molecule has 14 heavy (non-hydrogen) atoms. The number of nitrogens with zero attached hydrogens (tertiary/aromatic N) is 1. The molecule has 0 radical (unpaired) electrons. The third-order valence-corrected chi connectivity index (χ3v) is 1.74. The van der Waals surface area contributed by atoms with E-state index in [-0.39, 0.29) is 24.8 Å². The SMILES string of the molecule is CON(C)C(=O)Cc1[c-]cccc1.[Li+]. The van der Waals surface area contributed by atoms with Gasteiger partial charge in [-0.2, -0.15) is 35.9 Å². The van der Waals surface area contributed by atoms with Crippen LogP contribution in [0.3, 0.4) is 0 Å². The first-order valence-electron chi connectivity index (χ1n) is 4.00. The van der Waals surface area contributed by atoms with Gasteiger partial charge in [-0.05, 0) is 0 Å². The predicted octanol–water partition coefficient (Wildman–Crippen LogP) is -1.95. The van der Waals surface area contributed by atoms with Crippen molar-refractivity contribution in [2.45, 2.75) is 6.42 Å². The fourth-order valence-corrected chi connectivity index (χ4v) is 0.917. The number of rotatable bonds is 3. The molecule has 1 rings (SSSR count). The van der Waals surface area contributed by atoms with Crippen molar-refractivity contribution in [2.24, 2.45) is 0 Å². The molecule has 3 nitrogen and oxygen atoms in total. The van der Waals surface area contributed by atoms with E-state index < -0.39 is 0 Å². The van der Waals surface area contributed by atoms with Crippen molar-refractivity contribution in [1.29, 1.82) is 0 Å². The number of carbonyl (C=O) groups excluding carboxylic acids is 1. The Kier molecular flexibility index (Phi) is 6.31. The van der Waals surface area contributed by atoms with E-state index in [1.807, 2.05) is 18.2 Å². The van der Waals surface area contributed by atoms with Crippen LogP contribution in [0.1, 0.15) is 5.56 Å². The summed E-state index contributed by atoms with van der Waals surface area (Å²) in [7, 11) is 3.05. The first-order valence-corrected chi connectivity index (χ1v) is 4.00. The van der Waals surface area contributed by atoms with E-state index in [0.29, 0.717) is 6.42 Å². The molecule has 0 spiro atoms. The van der Waals surface area contributed by atoms with E-state index in [9.17, 15) is 4.79 Å². The van der Waals surface area contributed by atoms with E-state index >= 15 is 0 Å². The Morgan fingerprint density at radius 1 is 1.57 bits per heavy atom. The molecular formula is C10H12LiNO2. The summed E-state index contributed by atoms with van der Waals surface area (Å²) in [6.07, 6.45) is 0.325. The maximum atomic E-state index is 11.3. The standard InChI is InChI=1S/C10H12NO2.Li/c1-11(13-2)10(12)8-9-6-4-3-5-7-9;/h3-6H,8H2,1-2H3;/q-1;+1. The average molecular weight is 185 g/mol. The van der Waals surface area contributed by atoms with Crippen LogP contribution in [0.15, 0.2) is 24.3 Å². The Hall–Kier alpha value is -0.753. The third kappa shape index (κ3) is 3.97. The van der Waals surface area contributed by atoms with Crippen molar-refractivity contribution >= 4 is 5.91 Å². The number of hydrogen-bond donors (Lipinski definition) is 0. The molecule has 0 saturated carbocycles. The smallest absolute Gasteiger partial charge is 0.275 e. The summed E-state index contributed by atoms with van der Waals surface area (Å²) in [6.45, 7) is 0. The normalized spacial score (nSPS) is 9.00. The third-order valence-electron chi connectivity index (χ3n) is 1.74. The molecule has 1 aromatic rings. The quantitative estimate of drug-likeness (QED) is 0.311. The maximum absolute atomic E-state index is 11.3. The van der Waals surface area contributed by atoms with Crippen LogP contribution in [-0.4, -0.2) is 25.1 Å². The van der Waals surface area contributed by atoms with Gasteiger partial charge in [0.15, 0.2) is 0 Å². The zero-order chi connectivity index (χ0) is 9.68. The fourth-order valence-electron chi connectivity index (χ4n) is 0.917. The van der Waals surface area contributed by atoms with E-state index in [1.54, 1.807) is 13.1 Å². The van der Waals surface area contributed by atoms with Crippen molar-refractivity contribution in [3.05, 3.63) is 35.9 Å². The van der Waals surface area contributed by atoms with Crippen LogP contribution in [0.25, 0.3) is 0 Å². The Morgan fingerprint density at radius 3 is 2.79 bits per heavy atom. The van der Waals surface area contributed by atoms with Crippen molar-refractivity contribution in [1.82, 2.24) is 5.06 Å². The van der Waals surface area contributed by atoms with Crippen LogP contribution in [0, 0.1) is 6.07 Å². The molecule has 0 aromatic heterocycles. The minimum atomic E-state index is -0.0787. The molecule has 0 aliphatic carbocycles. The maximum Gasteiger partial charge on any atom is 1.00 e. The predicted molar refractivity (Wildman–Crippen MR) is 48.8 cm³/mol. The van der Waals surface area contributed by atoms with E-state index in [1.165, 1.54) is 12.2 Å². The zero-order valence-electron chi connectivity index (χ0n) is 8.78. The van der Waals surface area contributed by atoms with Crippen LogP contribution in [0.4, 0.5) is 0 Å². The number of carbonyl (C=O) groups is 1. The summed E-state index contributed by atoms with van der Waals surface area (Å²) in [5.41, 5.74) is 0.872. The Labute approximate surface area is 96.2 Å². The van der Waals surface area contributed by atoms with Gasteiger partial charge in [0.1, 0.15) is 0 Å². The summed E-state index contributed by atoms with van der Waals surface area (Å²) in [5, 5.41) is 1.21. The average Bonchev–Trinajstić information content (AvgIpc) is 2.18. The molecule has 0 saturated heterocycles. The molecule has 4 heteroatoms. The van der Waals surface area contributed by atoms with E-state index in [2.05, 4.69) is 6.07 Å². The zero-order valence-corrected chi connectivity index (χ0v) is 8.78. The molecule has 1 aromatic carbocycles. The van der Waals surface area contributed by atoms with E-state index in [0.717, 1.165) is 5.56 Å². The van der Waals surface area contributed by atoms with Gasteiger partial charge in [0.25, 0.3) is 0 Å². The Morgan fingerprint density at radius 2 is 2.29 bits per heavy atom. The van der Waals surface area contributed by atoms with Gasteiger partial charge >= 0.3 is 18.9 Å². The van der Waals surface area contributed by atoms with Crippen LogP contribution >= 0.6 is 0 Å². The number of hydroxylamine groups is 2. The summed E-state index contributed by atoms with van der Waals surface area (Å²) in [4.78, 5) is 16.1. The summed E-state index contributed by atoms with van der Waals surface area (Å²) < 4.78 is 0. The molecule has 0 fully saturated rings. The van der Waals surface area contributed by atoms with Crippen molar-refractivity contribution in [2.75, 3.05) is 14.2 Å². The first kappa shape index (κ1) is 13.2. The van der Waals surface area contributed by atoms with Crippen LogP contribution in [0.5, 0.6) is 0 Å². The fraction of sp³-hybridized carbons (Fsp3) is 0.300. The second-order valence-corrected chi connectivity index (χ2v) is 2.64. The molecule has 70 valence electrons. The largest absolute Gasteiger partial charge is 1.00 e. The number of likely N-dealkylation sites (N-methyl/N-ethyl adjacent to an activating group) is 1. The molecule has 0 aliphatic rings. The van der Waals surface area contributed by atoms with Gasteiger partial charge in [0.2, 0.25) is 5.91 Å². The molecule has 0 bridgehead atoms. The minimum absolute atomic E-state index is 0. The van der Waals surface area contributed by atoms with Gasteiger partial charge < -0.3 is 0 Å². The number of hydrogen-bond acceptors (Lipinski definition) is 2. The van der Waals surface area contributed by atoms with E-state index in [4.69, 9.17) is 4.84 Å². The Bertz CT molecular complexity index is 277. The molecule has 1 amide bonds. The van der Waals surface area contributed by atoms with Gasteiger partial charge in [-0.1, -0.05) is 0 Å². The molecule has 0 atom stereocenters. The first-order chi connectivity index (χ1) is 6.24. The summed E-state index contributed by atoms with van der Waals surface area (Å²) >= 11 is 0. The Balaban J connectivity index is 0.00000169. The summed E-state index contributed by atoms with van der Waals surface area (Å²) in [5.74, 6) is -0.0787. The monoisotopic (exact) mass is 185 g/mol. The second-order valence-electron chi connectivity index (χ2n) is 2.64. The van der Waals surface area contributed by atoms with Crippen molar-refractivity contribution in [3.8, 4) is 0 Å². The van der Waals surface area contributed by atoms with Crippen LogP contribution < -0.4 is 18.9 Å². The molecule has 0 heterocycles. The summed E-state index contributed by atoms with van der Waals surface area (Å²) in [6, 6.07) is 10.4. The second kappa shape index (κ2) is 6.66. The van der Waals surface area contributed by atoms with Gasteiger partial charge in [-0.15, -0.1) is 0 Å². The van der Waals surface area contributed by atoms with Crippen LogP contribution in [-0.2, 0) is 16.1 Å². The van der Waals surface area contributed by atoms with Gasteiger partial charge in [-0.25, -0.2) is 5.06 Å². The van der Waals surface area contributed by atoms with Crippen LogP contribution in [0.2, 0.25) is 0 Å². The number of benzene rings is 1. The molecule has 0 aliphatic heterocycles. The minimum Gasteiger partial charge on any atom is -0.275 e. The topological polar surface area (TPSA) is 29.5 Å². The molecule has 0 N–H and O–H groups in total. The molecule has 0 unspecified atom stereocenters. The molecular weight excluding hydrogens is 173 g/mol. The van der Waals surface area contributed by atoms with Gasteiger partial charge in [0, 0.05) is 13.5 Å². The van der Waals surface area contributed by atoms with Crippen molar-refractivity contribution < 1.29 is 28.5 Å². The number of amides is 1. The van der Waals surface area contributed by atoms with Gasteiger partial charge in [-0.3, -0.25) is 9.63 Å².